The van der Waals surface area contributed by atoms with E-state index in [9.17, 15) is 4.79 Å². The number of carbonyl (C=O) groups is 1. The molecule has 1 saturated heterocycles. The molecule has 1 N–H and O–H groups in total. The molecule has 1 amide bonds. The summed E-state index contributed by atoms with van der Waals surface area (Å²) in [6.07, 6.45) is 3.43. The number of hydrogen-bond donors (Lipinski definition) is 1. The van der Waals surface area contributed by atoms with E-state index in [0.717, 1.165) is 41.7 Å². The Morgan fingerprint density at radius 2 is 2.09 bits per heavy atom. The Bertz CT molecular complexity index is 723. The SMILES string of the molecule is CN[C@@H]1CCN(C(=O)c2cc(C3CC3)nc3ccccc23)C1. The number of hydrogen-bond acceptors (Lipinski definition) is 3. The van der Waals surface area contributed by atoms with E-state index in [2.05, 4.69) is 5.32 Å². The molecule has 4 heteroatoms. The van der Waals surface area contributed by atoms with Crippen LogP contribution in [0.15, 0.2) is 30.3 Å². The minimum atomic E-state index is 0.151. The Kier molecular flexibility index (Phi) is 3.34. The summed E-state index contributed by atoms with van der Waals surface area (Å²) >= 11 is 0. The molecule has 114 valence electrons. The van der Waals surface area contributed by atoms with Crippen molar-refractivity contribution in [3.05, 3.63) is 41.6 Å². The lowest BCUT2D eigenvalue weighted by Gasteiger charge is -2.18. The zero-order valence-electron chi connectivity index (χ0n) is 12.9. The molecule has 0 unspecified atom stereocenters. The Morgan fingerprint density at radius 3 is 2.82 bits per heavy atom. The molecule has 0 spiro atoms. The van der Waals surface area contributed by atoms with Gasteiger partial charge in [-0.3, -0.25) is 9.78 Å². The Hall–Kier alpha value is -1.94. The summed E-state index contributed by atoms with van der Waals surface area (Å²) in [4.78, 5) is 19.7. The van der Waals surface area contributed by atoms with Crippen LogP contribution in [0.4, 0.5) is 0 Å². The Labute approximate surface area is 130 Å². The van der Waals surface area contributed by atoms with E-state index in [1.807, 2.05) is 42.3 Å². The maximum absolute atomic E-state index is 13.0. The van der Waals surface area contributed by atoms with Gasteiger partial charge in [0.2, 0.25) is 0 Å². The van der Waals surface area contributed by atoms with Gasteiger partial charge in [0.15, 0.2) is 0 Å². The second kappa shape index (κ2) is 5.36. The van der Waals surface area contributed by atoms with E-state index in [1.165, 1.54) is 12.8 Å². The molecule has 1 aliphatic heterocycles. The third-order valence-corrected chi connectivity index (χ3v) is 4.85. The Balaban J connectivity index is 1.74. The van der Waals surface area contributed by atoms with Crippen LogP contribution in [0.25, 0.3) is 10.9 Å². The molecule has 0 bridgehead atoms. The standard InChI is InChI=1S/C18H21N3O/c1-19-13-8-9-21(11-13)18(22)15-10-17(12-6-7-12)20-16-5-3-2-4-14(15)16/h2-5,10,12-13,19H,6-9,11H2,1H3/t13-/m1/s1. The first kappa shape index (κ1) is 13.7. The lowest BCUT2D eigenvalue weighted by Crippen LogP contribution is -2.33. The third kappa shape index (κ3) is 2.37. The highest BCUT2D eigenvalue weighted by atomic mass is 16.2. The first-order chi connectivity index (χ1) is 10.8. The molecule has 2 aromatic rings. The molecule has 4 rings (SSSR count). The van der Waals surface area contributed by atoms with Gasteiger partial charge in [-0.05, 0) is 38.4 Å². The predicted molar refractivity (Wildman–Crippen MR) is 87.1 cm³/mol. The summed E-state index contributed by atoms with van der Waals surface area (Å²) < 4.78 is 0. The normalized spacial score (nSPS) is 21.5. The van der Waals surface area contributed by atoms with Gasteiger partial charge in [-0.15, -0.1) is 0 Å². The number of pyridine rings is 1. The molecule has 1 aromatic carbocycles. The van der Waals surface area contributed by atoms with Gasteiger partial charge < -0.3 is 10.2 Å². The summed E-state index contributed by atoms with van der Waals surface area (Å²) in [5.41, 5.74) is 2.86. The fourth-order valence-corrected chi connectivity index (χ4v) is 3.31. The van der Waals surface area contributed by atoms with Crippen molar-refractivity contribution in [2.75, 3.05) is 20.1 Å². The van der Waals surface area contributed by atoms with E-state index in [1.54, 1.807) is 0 Å². The third-order valence-electron chi connectivity index (χ3n) is 4.85. The van der Waals surface area contributed by atoms with E-state index in [0.29, 0.717) is 12.0 Å². The second-order valence-electron chi connectivity index (χ2n) is 6.41. The first-order valence-electron chi connectivity index (χ1n) is 8.12. The monoisotopic (exact) mass is 295 g/mol. The fourth-order valence-electron chi connectivity index (χ4n) is 3.31. The number of amides is 1. The number of nitrogens with one attached hydrogen (secondary N) is 1. The highest BCUT2D eigenvalue weighted by Crippen LogP contribution is 2.40. The topological polar surface area (TPSA) is 45.2 Å². The van der Waals surface area contributed by atoms with Crippen LogP contribution in [0.2, 0.25) is 0 Å². The molecule has 4 nitrogen and oxygen atoms in total. The molecule has 2 aliphatic rings. The van der Waals surface area contributed by atoms with Crippen LogP contribution >= 0.6 is 0 Å². The van der Waals surface area contributed by atoms with Gasteiger partial charge in [-0.25, -0.2) is 0 Å². The van der Waals surface area contributed by atoms with Crippen LogP contribution < -0.4 is 5.32 Å². The molecule has 2 fully saturated rings. The van der Waals surface area contributed by atoms with Crippen molar-refractivity contribution in [1.82, 2.24) is 15.2 Å². The molecule has 0 radical (unpaired) electrons. The van der Waals surface area contributed by atoms with Gasteiger partial charge in [-0.1, -0.05) is 18.2 Å². The first-order valence-corrected chi connectivity index (χ1v) is 8.12. The second-order valence-corrected chi connectivity index (χ2v) is 6.41. The van der Waals surface area contributed by atoms with Crippen LogP contribution in [0.3, 0.4) is 0 Å². The van der Waals surface area contributed by atoms with Gasteiger partial charge in [0.1, 0.15) is 0 Å². The maximum Gasteiger partial charge on any atom is 0.254 e. The lowest BCUT2D eigenvalue weighted by molar-refractivity contribution is 0.0791. The number of likely N-dealkylation sites (N-methyl/N-ethyl adjacent to an activating group) is 1. The largest absolute Gasteiger partial charge is 0.337 e. The van der Waals surface area contributed by atoms with Crippen LogP contribution in [0.5, 0.6) is 0 Å². The van der Waals surface area contributed by atoms with Gasteiger partial charge in [0.25, 0.3) is 5.91 Å². The molecule has 22 heavy (non-hydrogen) atoms. The van der Waals surface area contributed by atoms with E-state index in [-0.39, 0.29) is 5.91 Å². The number of aromatic nitrogens is 1. The number of nitrogens with zero attached hydrogens (tertiary/aromatic N) is 2. The van der Waals surface area contributed by atoms with Crippen molar-refractivity contribution in [3.63, 3.8) is 0 Å². The van der Waals surface area contributed by atoms with Crippen molar-refractivity contribution in [2.45, 2.75) is 31.2 Å². The fraction of sp³-hybridized carbons (Fsp3) is 0.444. The zero-order valence-corrected chi connectivity index (χ0v) is 12.9. The molecular formula is C18H21N3O. The molecule has 1 aromatic heterocycles. The minimum Gasteiger partial charge on any atom is -0.337 e. The average Bonchev–Trinajstić information content (AvgIpc) is 3.30. The van der Waals surface area contributed by atoms with Crippen molar-refractivity contribution in [3.8, 4) is 0 Å². The van der Waals surface area contributed by atoms with Crippen LogP contribution in [0, 0.1) is 0 Å². The summed E-state index contributed by atoms with van der Waals surface area (Å²) in [7, 11) is 1.96. The predicted octanol–water partition coefficient (Wildman–Crippen LogP) is 2.55. The summed E-state index contributed by atoms with van der Waals surface area (Å²) in [6.45, 7) is 1.63. The highest BCUT2D eigenvalue weighted by molar-refractivity contribution is 6.06. The smallest absolute Gasteiger partial charge is 0.254 e. The summed E-state index contributed by atoms with van der Waals surface area (Å²) in [5.74, 6) is 0.707. The van der Waals surface area contributed by atoms with Crippen molar-refractivity contribution >= 4 is 16.8 Å². The number of fused-ring (bicyclic) bond motifs is 1. The maximum atomic E-state index is 13.0. The van der Waals surface area contributed by atoms with E-state index >= 15 is 0 Å². The van der Waals surface area contributed by atoms with Crippen LogP contribution in [-0.2, 0) is 0 Å². The zero-order chi connectivity index (χ0) is 15.1. The van der Waals surface area contributed by atoms with Crippen LogP contribution in [0.1, 0.15) is 41.2 Å². The van der Waals surface area contributed by atoms with Gasteiger partial charge in [-0.2, -0.15) is 0 Å². The molecule has 2 heterocycles. The van der Waals surface area contributed by atoms with Gasteiger partial charge in [0.05, 0.1) is 11.1 Å². The van der Waals surface area contributed by atoms with E-state index < -0.39 is 0 Å². The average molecular weight is 295 g/mol. The van der Waals surface area contributed by atoms with Crippen LogP contribution in [-0.4, -0.2) is 42.0 Å². The summed E-state index contributed by atoms with van der Waals surface area (Å²) in [5, 5.41) is 4.25. The van der Waals surface area contributed by atoms with Gasteiger partial charge in [0, 0.05) is 36.1 Å². The van der Waals surface area contributed by atoms with Gasteiger partial charge >= 0.3 is 0 Å². The number of benzene rings is 1. The number of rotatable bonds is 3. The Morgan fingerprint density at radius 1 is 1.27 bits per heavy atom. The molecule has 1 saturated carbocycles. The van der Waals surface area contributed by atoms with Crippen molar-refractivity contribution < 1.29 is 4.79 Å². The number of carbonyl (C=O) groups excluding carboxylic acids is 1. The van der Waals surface area contributed by atoms with Crippen molar-refractivity contribution in [2.24, 2.45) is 0 Å². The molecule has 1 atom stereocenters. The molecule has 1 aliphatic carbocycles. The van der Waals surface area contributed by atoms with Crippen molar-refractivity contribution in [1.29, 1.82) is 0 Å². The quantitative estimate of drug-likeness (QED) is 0.946. The lowest BCUT2D eigenvalue weighted by atomic mass is 10.0. The number of likely N-dealkylation sites (tertiary alicyclic amines) is 1. The minimum absolute atomic E-state index is 0.151. The summed E-state index contributed by atoms with van der Waals surface area (Å²) in [6, 6.07) is 10.5. The molecular weight excluding hydrogens is 274 g/mol. The highest BCUT2D eigenvalue weighted by Gasteiger charge is 2.30. The number of para-hydroxylation sites is 1. The van der Waals surface area contributed by atoms with E-state index in [4.69, 9.17) is 4.98 Å².